The molecule has 0 heterocycles. The Morgan fingerprint density at radius 1 is 1.71 bits per heavy atom. The van der Waals surface area contributed by atoms with Crippen molar-refractivity contribution in [3.63, 3.8) is 0 Å². The summed E-state index contributed by atoms with van der Waals surface area (Å²) in [5.74, 6) is -0.727. The molecule has 5 heteroatoms. The summed E-state index contributed by atoms with van der Waals surface area (Å²) in [6.07, 6.45) is -0.812. The Kier molecular flexibility index (Phi) is 3.14. The van der Waals surface area contributed by atoms with Gasteiger partial charge in [0.05, 0.1) is 6.10 Å². The number of hydrogen-bond acceptors (Lipinski definition) is 4. The summed E-state index contributed by atoms with van der Waals surface area (Å²) >= 11 is 0. The lowest BCUT2D eigenvalue weighted by molar-refractivity contribution is -0.126. The van der Waals surface area contributed by atoms with Gasteiger partial charge in [0.2, 0.25) is 5.91 Å². The first-order valence-corrected chi connectivity index (χ1v) is 4.74. The van der Waals surface area contributed by atoms with Crippen molar-refractivity contribution in [3.05, 3.63) is 0 Å². The highest BCUT2D eigenvalue weighted by Gasteiger charge is 2.46. The van der Waals surface area contributed by atoms with E-state index >= 15 is 0 Å². The molecule has 5 nitrogen and oxygen atoms in total. The Morgan fingerprint density at radius 3 is 2.64 bits per heavy atom. The van der Waals surface area contributed by atoms with Gasteiger partial charge in [0.25, 0.3) is 0 Å². The molecule has 1 fully saturated rings. The predicted molar refractivity (Wildman–Crippen MR) is 51.4 cm³/mol. The van der Waals surface area contributed by atoms with Crippen molar-refractivity contribution in [1.82, 2.24) is 5.32 Å². The topological polar surface area (TPSA) is 95.6 Å². The highest BCUT2D eigenvalue weighted by atomic mass is 16.3. The summed E-state index contributed by atoms with van der Waals surface area (Å²) in [4.78, 5) is 10.5. The monoisotopic (exact) mass is 202 g/mol. The van der Waals surface area contributed by atoms with Crippen LogP contribution in [0, 0.1) is 5.41 Å². The van der Waals surface area contributed by atoms with Crippen LogP contribution in [0.5, 0.6) is 0 Å². The van der Waals surface area contributed by atoms with E-state index in [2.05, 4.69) is 5.32 Å². The van der Waals surface area contributed by atoms with Gasteiger partial charge in [-0.3, -0.25) is 4.79 Å². The van der Waals surface area contributed by atoms with Crippen LogP contribution >= 0.6 is 0 Å². The number of aliphatic hydroxyl groups excluding tert-OH is 2. The fourth-order valence-corrected chi connectivity index (χ4v) is 1.60. The van der Waals surface area contributed by atoms with E-state index in [4.69, 9.17) is 10.8 Å². The molecule has 1 amide bonds. The molecule has 0 saturated heterocycles. The van der Waals surface area contributed by atoms with Gasteiger partial charge in [0, 0.05) is 18.0 Å². The second-order valence-corrected chi connectivity index (χ2v) is 4.45. The van der Waals surface area contributed by atoms with E-state index in [0.717, 1.165) is 0 Å². The number of carbonyl (C=O) groups is 1. The van der Waals surface area contributed by atoms with E-state index in [1.54, 1.807) is 0 Å². The Bertz CT molecular complexity index is 230. The third-order valence-corrected chi connectivity index (χ3v) is 3.10. The van der Waals surface area contributed by atoms with Crippen molar-refractivity contribution in [2.45, 2.75) is 38.5 Å². The summed E-state index contributed by atoms with van der Waals surface area (Å²) in [5, 5.41) is 21.6. The van der Waals surface area contributed by atoms with Gasteiger partial charge < -0.3 is 21.3 Å². The molecule has 1 rings (SSSR count). The molecule has 0 aromatic carbocycles. The zero-order chi connectivity index (χ0) is 10.9. The third kappa shape index (κ3) is 2.05. The van der Waals surface area contributed by atoms with Gasteiger partial charge in [-0.15, -0.1) is 0 Å². The number of carbonyl (C=O) groups excluding carboxylic acids is 1. The summed E-state index contributed by atoms with van der Waals surface area (Å²) in [6, 6.07) is 0.131. The fourth-order valence-electron chi connectivity index (χ4n) is 1.60. The van der Waals surface area contributed by atoms with Gasteiger partial charge in [-0.05, 0) is 6.42 Å². The molecule has 1 aliphatic rings. The summed E-state index contributed by atoms with van der Waals surface area (Å²) in [7, 11) is 0. The number of primary amides is 1. The highest BCUT2D eigenvalue weighted by Crippen LogP contribution is 2.40. The molecule has 3 unspecified atom stereocenters. The number of nitrogens with two attached hydrogens (primary N) is 1. The van der Waals surface area contributed by atoms with E-state index in [1.165, 1.54) is 0 Å². The van der Waals surface area contributed by atoms with Crippen molar-refractivity contribution in [2.24, 2.45) is 11.1 Å². The first kappa shape index (κ1) is 11.4. The Labute approximate surface area is 83.3 Å². The minimum Gasteiger partial charge on any atom is -0.392 e. The van der Waals surface area contributed by atoms with Crippen LogP contribution in [0.3, 0.4) is 0 Å². The highest BCUT2D eigenvalue weighted by molar-refractivity contribution is 5.78. The van der Waals surface area contributed by atoms with Crippen molar-refractivity contribution in [1.29, 1.82) is 0 Å². The maximum atomic E-state index is 10.5. The summed E-state index contributed by atoms with van der Waals surface area (Å²) in [5.41, 5.74) is 4.70. The maximum Gasteiger partial charge on any atom is 0.247 e. The molecular formula is C9H18N2O3. The number of nitrogens with one attached hydrogen (secondary N) is 1. The van der Waals surface area contributed by atoms with Crippen molar-refractivity contribution < 1.29 is 15.0 Å². The minimum atomic E-state index is -1.15. The van der Waals surface area contributed by atoms with E-state index in [1.807, 2.05) is 13.8 Å². The van der Waals surface area contributed by atoms with Crippen molar-refractivity contribution in [2.75, 3.05) is 6.54 Å². The molecule has 1 aliphatic carbocycles. The Morgan fingerprint density at radius 2 is 2.29 bits per heavy atom. The number of rotatable bonds is 4. The lowest BCUT2D eigenvalue weighted by atomic mass is 9.64. The van der Waals surface area contributed by atoms with Crippen LogP contribution in [-0.4, -0.2) is 40.9 Å². The van der Waals surface area contributed by atoms with E-state index in [0.29, 0.717) is 6.42 Å². The van der Waals surface area contributed by atoms with Gasteiger partial charge in [0.15, 0.2) is 0 Å². The number of hydrogen-bond donors (Lipinski definition) is 4. The Balaban J connectivity index is 2.31. The van der Waals surface area contributed by atoms with Crippen LogP contribution in [0.25, 0.3) is 0 Å². The largest absolute Gasteiger partial charge is 0.392 e. The van der Waals surface area contributed by atoms with Gasteiger partial charge >= 0.3 is 0 Å². The molecule has 82 valence electrons. The molecule has 0 bridgehead atoms. The molecule has 0 aromatic rings. The summed E-state index contributed by atoms with van der Waals surface area (Å²) < 4.78 is 0. The molecule has 0 radical (unpaired) electrons. The summed E-state index contributed by atoms with van der Waals surface area (Å²) in [6.45, 7) is 4.03. The second kappa shape index (κ2) is 3.84. The van der Waals surface area contributed by atoms with Crippen LogP contribution < -0.4 is 11.1 Å². The first-order valence-electron chi connectivity index (χ1n) is 4.74. The molecule has 0 spiro atoms. The molecule has 14 heavy (non-hydrogen) atoms. The van der Waals surface area contributed by atoms with Gasteiger partial charge in [-0.2, -0.15) is 0 Å². The lowest BCUT2D eigenvalue weighted by Crippen LogP contribution is -2.61. The zero-order valence-corrected chi connectivity index (χ0v) is 8.53. The standard InChI is InChI=1S/C9H18N2O3/c1-9(2)6(3-7(9)13)11-4-5(12)8(10)14/h5-7,11-13H,3-4H2,1-2H3,(H2,10,14). The van der Waals surface area contributed by atoms with Crippen LogP contribution in [0.1, 0.15) is 20.3 Å². The van der Waals surface area contributed by atoms with E-state index in [-0.39, 0.29) is 24.1 Å². The van der Waals surface area contributed by atoms with Crippen LogP contribution in [0.2, 0.25) is 0 Å². The van der Waals surface area contributed by atoms with Crippen LogP contribution in [0.15, 0.2) is 0 Å². The van der Waals surface area contributed by atoms with Crippen molar-refractivity contribution >= 4 is 5.91 Å². The SMILES string of the molecule is CC1(C)C(O)CC1NCC(O)C(N)=O. The smallest absolute Gasteiger partial charge is 0.247 e. The van der Waals surface area contributed by atoms with E-state index in [9.17, 15) is 9.90 Å². The molecular weight excluding hydrogens is 184 g/mol. The maximum absolute atomic E-state index is 10.5. The van der Waals surface area contributed by atoms with E-state index < -0.39 is 12.0 Å². The quantitative estimate of drug-likeness (QED) is 0.450. The third-order valence-electron chi connectivity index (χ3n) is 3.10. The van der Waals surface area contributed by atoms with Gasteiger partial charge in [-0.25, -0.2) is 0 Å². The average molecular weight is 202 g/mol. The molecule has 3 atom stereocenters. The molecule has 5 N–H and O–H groups in total. The number of aliphatic hydroxyl groups is 2. The Hall–Kier alpha value is -0.650. The molecule has 1 saturated carbocycles. The van der Waals surface area contributed by atoms with Crippen molar-refractivity contribution in [3.8, 4) is 0 Å². The number of amides is 1. The van der Waals surface area contributed by atoms with Crippen LogP contribution in [0.4, 0.5) is 0 Å². The first-order chi connectivity index (χ1) is 6.35. The molecule has 0 aliphatic heterocycles. The molecule has 0 aromatic heterocycles. The zero-order valence-electron chi connectivity index (χ0n) is 8.53. The van der Waals surface area contributed by atoms with Crippen LogP contribution in [-0.2, 0) is 4.79 Å². The van der Waals surface area contributed by atoms with Gasteiger partial charge in [0.1, 0.15) is 6.10 Å². The normalized spacial score (nSPS) is 32.0. The van der Waals surface area contributed by atoms with Gasteiger partial charge in [-0.1, -0.05) is 13.8 Å². The minimum absolute atomic E-state index is 0.131. The fraction of sp³-hybridized carbons (Fsp3) is 0.889. The average Bonchev–Trinajstić information content (AvgIpc) is 2.11. The lowest BCUT2D eigenvalue weighted by Gasteiger charge is -2.49. The second-order valence-electron chi connectivity index (χ2n) is 4.45. The predicted octanol–water partition coefficient (Wildman–Crippen LogP) is -1.42.